The van der Waals surface area contributed by atoms with E-state index < -0.39 is 5.60 Å². The molecule has 0 aliphatic carbocycles. The minimum atomic E-state index is -0.414. The van der Waals surface area contributed by atoms with E-state index in [2.05, 4.69) is 24.3 Å². The Morgan fingerprint density at radius 2 is 1.19 bits per heavy atom. The summed E-state index contributed by atoms with van der Waals surface area (Å²) in [7, 11) is 0. The Balaban J connectivity index is 2.08. The van der Waals surface area contributed by atoms with Crippen molar-refractivity contribution in [2.45, 2.75) is 5.60 Å². The number of benzene rings is 2. The third kappa shape index (κ3) is 1.35. The van der Waals surface area contributed by atoms with Gasteiger partial charge in [-0.15, -0.1) is 0 Å². The summed E-state index contributed by atoms with van der Waals surface area (Å²) in [6.45, 7) is 0.570. The van der Waals surface area contributed by atoms with Crippen molar-refractivity contribution in [2.24, 2.45) is 0 Å². The fourth-order valence-electron chi connectivity index (χ4n) is 2.02. The van der Waals surface area contributed by atoms with Crippen LogP contribution in [0.5, 0.6) is 0 Å². The van der Waals surface area contributed by atoms with E-state index >= 15 is 0 Å². The molecule has 1 saturated heterocycles. The molecule has 0 unspecified atom stereocenters. The topological polar surface area (TPSA) is 18.5 Å². The van der Waals surface area contributed by atoms with Gasteiger partial charge in [0.25, 0.3) is 0 Å². The molecule has 0 radical (unpaired) electrons. The van der Waals surface area contributed by atoms with E-state index in [-0.39, 0.29) is 0 Å². The molecule has 16 heavy (non-hydrogen) atoms. The molecule has 3 rings (SSSR count). The maximum atomic E-state index is 5.39. The van der Waals surface area contributed by atoms with E-state index in [4.69, 9.17) is 9.78 Å². The molecule has 0 saturated carbocycles. The lowest BCUT2D eigenvalue weighted by Crippen LogP contribution is -2.45. The SMILES string of the molecule is c1ccc(C2(c3ccccc3)COO2)cc1. The average molecular weight is 212 g/mol. The van der Waals surface area contributed by atoms with Crippen molar-refractivity contribution < 1.29 is 9.78 Å². The third-order valence-corrected chi connectivity index (χ3v) is 2.94. The molecule has 0 aromatic heterocycles. The molecule has 2 nitrogen and oxygen atoms in total. The second-order valence-corrected chi connectivity index (χ2v) is 3.90. The maximum Gasteiger partial charge on any atom is 0.180 e. The Hall–Kier alpha value is -1.64. The Labute approximate surface area is 94.4 Å². The molecule has 1 heterocycles. The smallest absolute Gasteiger partial charge is 0.180 e. The molecule has 0 atom stereocenters. The van der Waals surface area contributed by atoms with Crippen molar-refractivity contribution in [1.29, 1.82) is 0 Å². The first-order valence-corrected chi connectivity index (χ1v) is 5.33. The zero-order chi connectivity index (χ0) is 10.8. The van der Waals surface area contributed by atoms with E-state index in [9.17, 15) is 0 Å². The Morgan fingerprint density at radius 1 is 0.750 bits per heavy atom. The minimum Gasteiger partial charge on any atom is -0.231 e. The van der Waals surface area contributed by atoms with Gasteiger partial charge in [-0.3, -0.25) is 0 Å². The van der Waals surface area contributed by atoms with Gasteiger partial charge < -0.3 is 0 Å². The summed E-state index contributed by atoms with van der Waals surface area (Å²) >= 11 is 0. The van der Waals surface area contributed by atoms with E-state index in [0.29, 0.717) is 6.61 Å². The molecular formula is C14H12O2. The Bertz CT molecular complexity index is 419. The first-order chi connectivity index (χ1) is 7.92. The fourth-order valence-corrected chi connectivity index (χ4v) is 2.02. The van der Waals surface area contributed by atoms with Gasteiger partial charge in [0.05, 0.1) is 0 Å². The van der Waals surface area contributed by atoms with Crippen LogP contribution in [0.4, 0.5) is 0 Å². The molecule has 2 aromatic rings. The van der Waals surface area contributed by atoms with Crippen molar-refractivity contribution in [2.75, 3.05) is 6.61 Å². The van der Waals surface area contributed by atoms with E-state index in [1.807, 2.05) is 36.4 Å². The first kappa shape index (κ1) is 9.58. The van der Waals surface area contributed by atoms with Crippen molar-refractivity contribution >= 4 is 0 Å². The zero-order valence-electron chi connectivity index (χ0n) is 8.80. The van der Waals surface area contributed by atoms with Gasteiger partial charge in [-0.05, 0) is 11.1 Å². The van der Waals surface area contributed by atoms with Crippen LogP contribution in [0.15, 0.2) is 60.7 Å². The minimum absolute atomic E-state index is 0.414. The first-order valence-electron chi connectivity index (χ1n) is 5.33. The van der Waals surface area contributed by atoms with E-state index in [1.165, 1.54) is 0 Å². The molecule has 1 aliphatic heterocycles. The summed E-state index contributed by atoms with van der Waals surface area (Å²) in [6.07, 6.45) is 0. The highest BCUT2D eigenvalue weighted by atomic mass is 17.2. The van der Waals surface area contributed by atoms with Crippen LogP contribution in [0.3, 0.4) is 0 Å². The molecule has 80 valence electrons. The van der Waals surface area contributed by atoms with Crippen LogP contribution in [0, 0.1) is 0 Å². The lowest BCUT2D eigenvalue weighted by molar-refractivity contribution is -0.465. The monoisotopic (exact) mass is 212 g/mol. The number of hydrogen-bond acceptors (Lipinski definition) is 2. The second kappa shape index (κ2) is 3.74. The Kier molecular flexibility index (Phi) is 2.24. The van der Waals surface area contributed by atoms with Crippen molar-refractivity contribution in [3.8, 4) is 0 Å². The van der Waals surface area contributed by atoms with Gasteiger partial charge in [-0.1, -0.05) is 60.7 Å². The highest BCUT2D eigenvalue weighted by Crippen LogP contribution is 2.40. The second-order valence-electron chi connectivity index (χ2n) is 3.90. The molecule has 0 amide bonds. The molecule has 2 aromatic carbocycles. The van der Waals surface area contributed by atoms with Crippen LogP contribution >= 0.6 is 0 Å². The molecule has 1 fully saturated rings. The van der Waals surface area contributed by atoms with Crippen LogP contribution in [0.1, 0.15) is 11.1 Å². The van der Waals surface area contributed by atoms with Gasteiger partial charge in [-0.25, -0.2) is 9.78 Å². The van der Waals surface area contributed by atoms with Crippen LogP contribution in [-0.4, -0.2) is 6.61 Å². The van der Waals surface area contributed by atoms with Crippen LogP contribution < -0.4 is 0 Å². The summed E-state index contributed by atoms with van der Waals surface area (Å²) < 4.78 is 0. The van der Waals surface area contributed by atoms with Crippen molar-refractivity contribution in [3.05, 3.63) is 71.8 Å². The van der Waals surface area contributed by atoms with Crippen molar-refractivity contribution in [1.82, 2.24) is 0 Å². The molecule has 0 N–H and O–H groups in total. The van der Waals surface area contributed by atoms with Crippen molar-refractivity contribution in [3.63, 3.8) is 0 Å². The predicted molar refractivity (Wildman–Crippen MR) is 60.7 cm³/mol. The summed E-state index contributed by atoms with van der Waals surface area (Å²) in [4.78, 5) is 10.3. The zero-order valence-corrected chi connectivity index (χ0v) is 8.80. The third-order valence-electron chi connectivity index (χ3n) is 2.94. The average Bonchev–Trinajstić information content (AvgIpc) is 2.31. The predicted octanol–water partition coefficient (Wildman–Crippen LogP) is 2.89. The van der Waals surface area contributed by atoms with Gasteiger partial charge in [0.2, 0.25) is 0 Å². The maximum absolute atomic E-state index is 5.39. The van der Waals surface area contributed by atoms with Gasteiger partial charge >= 0.3 is 0 Å². The molecule has 1 aliphatic rings. The van der Waals surface area contributed by atoms with Gasteiger partial charge in [0, 0.05) is 0 Å². The molecule has 2 heteroatoms. The number of hydrogen-bond donors (Lipinski definition) is 0. The van der Waals surface area contributed by atoms with Gasteiger partial charge in [-0.2, -0.15) is 0 Å². The summed E-state index contributed by atoms with van der Waals surface area (Å²) in [6, 6.07) is 20.3. The lowest BCUT2D eigenvalue weighted by Gasteiger charge is -2.40. The largest absolute Gasteiger partial charge is 0.231 e. The van der Waals surface area contributed by atoms with Gasteiger partial charge in [0.1, 0.15) is 6.61 Å². The van der Waals surface area contributed by atoms with Crippen LogP contribution in [0.2, 0.25) is 0 Å². The Morgan fingerprint density at radius 3 is 1.50 bits per heavy atom. The molecule has 0 bridgehead atoms. The lowest BCUT2D eigenvalue weighted by atomic mass is 9.86. The molecular weight excluding hydrogens is 200 g/mol. The van der Waals surface area contributed by atoms with Gasteiger partial charge in [0.15, 0.2) is 5.60 Å². The fraction of sp³-hybridized carbons (Fsp3) is 0.143. The summed E-state index contributed by atoms with van der Waals surface area (Å²) in [5.74, 6) is 0. The highest BCUT2D eigenvalue weighted by molar-refractivity contribution is 5.37. The van der Waals surface area contributed by atoms with E-state index in [0.717, 1.165) is 11.1 Å². The highest BCUT2D eigenvalue weighted by Gasteiger charge is 2.44. The summed E-state index contributed by atoms with van der Waals surface area (Å²) in [5.41, 5.74) is 1.85. The van der Waals surface area contributed by atoms with Crippen LogP contribution in [0.25, 0.3) is 0 Å². The number of rotatable bonds is 2. The standard InChI is InChI=1S/C14H12O2/c1-3-7-12(8-4-1)14(11-15-16-14)13-9-5-2-6-10-13/h1-10H,11H2. The normalized spacial score (nSPS) is 17.8. The molecule has 0 spiro atoms. The summed E-state index contributed by atoms with van der Waals surface area (Å²) in [5, 5.41) is 0. The van der Waals surface area contributed by atoms with E-state index in [1.54, 1.807) is 0 Å². The quantitative estimate of drug-likeness (QED) is 0.712. The van der Waals surface area contributed by atoms with Crippen LogP contribution in [-0.2, 0) is 15.4 Å².